The van der Waals surface area contributed by atoms with Gasteiger partial charge in [-0.1, -0.05) is 23.7 Å². The van der Waals surface area contributed by atoms with Crippen LogP contribution in [0.4, 0.5) is 5.69 Å². The molecule has 0 saturated carbocycles. The SMILES string of the molecule is N#Cc1ccc(CNc2c(C#N)cnc3ccc(Cl)cc23)cc1. The molecule has 0 spiro atoms. The Balaban J connectivity index is 1.96. The van der Waals surface area contributed by atoms with E-state index in [-0.39, 0.29) is 0 Å². The van der Waals surface area contributed by atoms with Gasteiger partial charge in [0.05, 0.1) is 28.4 Å². The van der Waals surface area contributed by atoms with Gasteiger partial charge < -0.3 is 5.32 Å². The fourth-order valence-electron chi connectivity index (χ4n) is 2.33. The quantitative estimate of drug-likeness (QED) is 0.783. The van der Waals surface area contributed by atoms with Gasteiger partial charge in [-0.15, -0.1) is 0 Å². The minimum Gasteiger partial charge on any atom is -0.379 e. The van der Waals surface area contributed by atoms with Gasteiger partial charge in [-0.2, -0.15) is 10.5 Å². The van der Waals surface area contributed by atoms with Gasteiger partial charge in [-0.25, -0.2) is 0 Å². The Morgan fingerprint density at radius 3 is 2.52 bits per heavy atom. The molecule has 0 aliphatic rings. The molecule has 110 valence electrons. The van der Waals surface area contributed by atoms with Crippen molar-refractivity contribution >= 4 is 28.2 Å². The van der Waals surface area contributed by atoms with Gasteiger partial charge in [-0.05, 0) is 35.9 Å². The summed E-state index contributed by atoms with van der Waals surface area (Å²) in [7, 11) is 0. The van der Waals surface area contributed by atoms with Crippen molar-refractivity contribution in [3.8, 4) is 12.1 Å². The molecule has 0 fully saturated rings. The highest BCUT2D eigenvalue weighted by atomic mass is 35.5. The maximum atomic E-state index is 9.31. The van der Waals surface area contributed by atoms with Gasteiger partial charge in [0.25, 0.3) is 0 Å². The van der Waals surface area contributed by atoms with Crippen LogP contribution in [0.2, 0.25) is 5.02 Å². The fraction of sp³-hybridized carbons (Fsp3) is 0.0556. The smallest absolute Gasteiger partial charge is 0.103 e. The lowest BCUT2D eigenvalue weighted by Crippen LogP contribution is -2.03. The molecule has 0 radical (unpaired) electrons. The lowest BCUT2D eigenvalue weighted by atomic mass is 10.1. The number of halogens is 1. The molecule has 0 saturated heterocycles. The molecule has 5 heteroatoms. The van der Waals surface area contributed by atoms with Crippen LogP contribution in [0.5, 0.6) is 0 Å². The van der Waals surface area contributed by atoms with E-state index in [0.29, 0.717) is 28.4 Å². The zero-order chi connectivity index (χ0) is 16.2. The number of anilines is 1. The summed E-state index contributed by atoms with van der Waals surface area (Å²) < 4.78 is 0. The van der Waals surface area contributed by atoms with Gasteiger partial charge in [0.2, 0.25) is 0 Å². The Kier molecular flexibility index (Phi) is 4.10. The molecule has 0 amide bonds. The lowest BCUT2D eigenvalue weighted by Gasteiger charge is -2.12. The molecule has 1 N–H and O–H groups in total. The Bertz CT molecular complexity index is 950. The predicted molar refractivity (Wildman–Crippen MR) is 90.0 cm³/mol. The lowest BCUT2D eigenvalue weighted by molar-refractivity contribution is 1.15. The van der Waals surface area contributed by atoms with Crippen LogP contribution in [0.3, 0.4) is 0 Å². The Hall–Kier alpha value is -3.08. The van der Waals surface area contributed by atoms with Crippen LogP contribution in [0.1, 0.15) is 16.7 Å². The third kappa shape index (κ3) is 3.08. The van der Waals surface area contributed by atoms with Crippen LogP contribution in [0.25, 0.3) is 10.9 Å². The molecule has 4 nitrogen and oxygen atoms in total. The molecule has 0 atom stereocenters. The first-order valence-electron chi connectivity index (χ1n) is 6.92. The summed E-state index contributed by atoms with van der Waals surface area (Å²) in [5, 5.41) is 22.8. The topological polar surface area (TPSA) is 72.5 Å². The average Bonchev–Trinajstić information content (AvgIpc) is 2.60. The van der Waals surface area contributed by atoms with E-state index in [1.165, 1.54) is 0 Å². The van der Waals surface area contributed by atoms with Crippen molar-refractivity contribution in [3.63, 3.8) is 0 Å². The third-order valence-electron chi connectivity index (χ3n) is 3.50. The first-order chi connectivity index (χ1) is 11.2. The standard InChI is InChI=1S/C18H11ClN4/c19-15-5-6-17-16(7-15)18(14(9-21)11-22-17)23-10-13-3-1-12(8-20)2-4-13/h1-7,11H,10H2,(H,22,23). The fourth-order valence-corrected chi connectivity index (χ4v) is 2.50. The van der Waals surface area contributed by atoms with Crippen molar-refractivity contribution in [1.29, 1.82) is 10.5 Å². The number of rotatable bonds is 3. The maximum Gasteiger partial charge on any atom is 0.103 e. The van der Waals surface area contributed by atoms with Crippen molar-refractivity contribution in [2.75, 3.05) is 5.32 Å². The zero-order valence-corrected chi connectivity index (χ0v) is 12.8. The van der Waals surface area contributed by atoms with Gasteiger partial charge in [0, 0.05) is 23.2 Å². The van der Waals surface area contributed by atoms with Crippen LogP contribution < -0.4 is 5.32 Å². The average molecular weight is 319 g/mol. The van der Waals surface area contributed by atoms with Crippen LogP contribution in [-0.2, 0) is 6.54 Å². The van der Waals surface area contributed by atoms with Gasteiger partial charge >= 0.3 is 0 Å². The highest BCUT2D eigenvalue weighted by Gasteiger charge is 2.09. The number of nitriles is 2. The third-order valence-corrected chi connectivity index (χ3v) is 3.74. The summed E-state index contributed by atoms with van der Waals surface area (Å²) in [6.45, 7) is 0.534. The second kappa shape index (κ2) is 6.36. The number of nitrogens with one attached hydrogen (secondary N) is 1. The highest BCUT2D eigenvalue weighted by molar-refractivity contribution is 6.31. The molecule has 23 heavy (non-hydrogen) atoms. The van der Waals surface area contributed by atoms with E-state index in [1.807, 2.05) is 18.2 Å². The van der Waals surface area contributed by atoms with E-state index in [2.05, 4.69) is 22.4 Å². The monoisotopic (exact) mass is 318 g/mol. The molecule has 2 aromatic carbocycles. The van der Waals surface area contributed by atoms with Crippen molar-refractivity contribution in [3.05, 3.63) is 70.4 Å². The van der Waals surface area contributed by atoms with E-state index >= 15 is 0 Å². The summed E-state index contributed by atoms with van der Waals surface area (Å²) in [6.07, 6.45) is 1.55. The first-order valence-corrected chi connectivity index (χ1v) is 7.30. The van der Waals surface area contributed by atoms with Crippen molar-refractivity contribution in [1.82, 2.24) is 4.98 Å². The van der Waals surface area contributed by atoms with Crippen molar-refractivity contribution in [2.24, 2.45) is 0 Å². The predicted octanol–water partition coefficient (Wildman–Crippen LogP) is 4.24. The summed E-state index contributed by atoms with van der Waals surface area (Å²) in [5.41, 5.74) is 3.58. The molecule has 1 aromatic heterocycles. The summed E-state index contributed by atoms with van der Waals surface area (Å²) >= 11 is 6.07. The molecule has 3 rings (SSSR count). The molecular formula is C18H11ClN4. The van der Waals surface area contributed by atoms with Gasteiger partial charge in [0.1, 0.15) is 6.07 Å². The number of hydrogen-bond acceptors (Lipinski definition) is 4. The van der Waals surface area contributed by atoms with E-state index in [4.69, 9.17) is 16.9 Å². The van der Waals surface area contributed by atoms with E-state index in [1.54, 1.807) is 30.5 Å². The summed E-state index contributed by atoms with van der Waals surface area (Å²) in [4.78, 5) is 4.27. The highest BCUT2D eigenvalue weighted by Crippen LogP contribution is 2.28. The summed E-state index contributed by atoms with van der Waals surface area (Å²) in [5.74, 6) is 0. The molecule has 1 heterocycles. The normalized spacial score (nSPS) is 10.0. The number of hydrogen-bond donors (Lipinski definition) is 1. The number of nitrogens with zero attached hydrogens (tertiary/aromatic N) is 3. The second-order valence-electron chi connectivity index (χ2n) is 4.98. The number of fused-ring (bicyclic) bond motifs is 1. The molecule has 0 aliphatic heterocycles. The van der Waals surface area contributed by atoms with Crippen LogP contribution in [0, 0.1) is 22.7 Å². The zero-order valence-electron chi connectivity index (χ0n) is 12.0. The summed E-state index contributed by atoms with van der Waals surface area (Å²) in [6, 6.07) is 16.9. The Morgan fingerprint density at radius 1 is 1.04 bits per heavy atom. The van der Waals surface area contributed by atoms with Gasteiger partial charge in [0.15, 0.2) is 0 Å². The van der Waals surface area contributed by atoms with Crippen LogP contribution in [-0.4, -0.2) is 4.98 Å². The van der Waals surface area contributed by atoms with Gasteiger partial charge in [-0.3, -0.25) is 4.98 Å². The largest absolute Gasteiger partial charge is 0.379 e. The maximum absolute atomic E-state index is 9.31. The van der Waals surface area contributed by atoms with E-state index in [0.717, 1.165) is 16.5 Å². The molecule has 0 aliphatic carbocycles. The number of benzene rings is 2. The van der Waals surface area contributed by atoms with Crippen LogP contribution in [0.15, 0.2) is 48.7 Å². The molecule has 0 bridgehead atoms. The first kappa shape index (κ1) is 14.8. The minimum absolute atomic E-state index is 0.466. The van der Waals surface area contributed by atoms with Crippen molar-refractivity contribution < 1.29 is 0 Å². The molecule has 0 unspecified atom stereocenters. The number of pyridine rings is 1. The molecular weight excluding hydrogens is 308 g/mol. The minimum atomic E-state index is 0.466. The Morgan fingerprint density at radius 2 is 1.83 bits per heavy atom. The second-order valence-corrected chi connectivity index (χ2v) is 5.42. The Labute approximate surface area is 138 Å². The molecule has 3 aromatic rings. The number of aromatic nitrogens is 1. The van der Waals surface area contributed by atoms with E-state index < -0.39 is 0 Å². The van der Waals surface area contributed by atoms with Crippen molar-refractivity contribution in [2.45, 2.75) is 6.54 Å². The van der Waals surface area contributed by atoms with E-state index in [9.17, 15) is 5.26 Å². The van der Waals surface area contributed by atoms with Crippen LogP contribution >= 0.6 is 11.6 Å².